The largest absolute Gasteiger partial charge is 0.466 e. The molecule has 0 bridgehead atoms. The molecule has 1 saturated heterocycles. The number of esters is 1. The van der Waals surface area contributed by atoms with Crippen LogP contribution in [-0.4, -0.2) is 63.4 Å². The van der Waals surface area contributed by atoms with Gasteiger partial charge in [0.2, 0.25) is 0 Å². The number of hydrogen-bond donors (Lipinski definition) is 4. The van der Waals surface area contributed by atoms with E-state index < -0.39 is 54.8 Å². The number of carbonyl (C=O) groups excluding carboxylic acids is 1. The average molecular weight is 342 g/mol. The van der Waals surface area contributed by atoms with Crippen LogP contribution in [0, 0.1) is 5.92 Å². The molecule has 10 heteroatoms. The molecule has 1 aromatic heterocycles. The Hall–Kier alpha value is -2.27. The van der Waals surface area contributed by atoms with Gasteiger partial charge in [-0.1, -0.05) is 0 Å². The number of carbonyl (C=O) groups is 1. The normalized spacial score (nSPS) is 26.8. The first-order chi connectivity index (χ1) is 11.4. The standard InChI is InChI=1S/C14H18N2O8/c1-23-10(19)3-2-7-4-16(14(22)15-12(7)21)13-11(20)8(5-17)9(6-18)24-13/h2-4,8-9,11,13,17-18,20H,5-6H2,1H3,(H,15,21,22)/b3-2+/t8-,9-,11+,13-/m1/s1. The van der Waals surface area contributed by atoms with Crippen LogP contribution in [0.25, 0.3) is 6.08 Å². The first-order valence-corrected chi connectivity index (χ1v) is 7.09. The number of rotatable bonds is 5. The lowest BCUT2D eigenvalue weighted by Gasteiger charge is -2.18. The average Bonchev–Trinajstić information content (AvgIpc) is 2.89. The van der Waals surface area contributed by atoms with Crippen LogP contribution in [0.5, 0.6) is 0 Å². The summed E-state index contributed by atoms with van der Waals surface area (Å²) in [5.41, 5.74) is -1.61. The van der Waals surface area contributed by atoms with E-state index in [4.69, 9.17) is 4.74 Å². The van der Waals surface area contributed by atoms with Crippen LogP contribution in [0.1, 0.15) is 11.8 Å². The van der Waals surface area contributed by atoms with Crippen molar-refractivity contribution in [2.45, 2.75) is 18.4 Å². The fraction of sp³-hybridized carbons (Fsp3) is 0.500. The number of aliphatic hydroxyl groups is 3. The second-order valence-electron chi connectivity index (χ2n) is 5.19. The Labute approximate surface area is 135 Å². The summed E-state index contributed by atoms with van der Waals surface area (Å²) in [4.78, 5) is 36.9. The van der Waals surface area contributed by atoms with Gasteiger partial charge in [-0.05, 0) is 6.08 Å². The Morgan fingerprint density at radius 3 is 2.67 bits per heavy atom. The third kappa shape index (κ3) is 3.46. The Kier molecular flexibility index (Phi) is 5.67. The maximum absolute atomic E-state index is 12.0. The van der Waals surface area contributed by atoms with E-state index in [9.17, 15) is 29.7 Å². The number of hydrogen-bond acceptors (Lipinski definition) is 8. The quantitative estimate of drug-likeness (QED) is 0.341. The number of H-pyrrole nitrogens is 1. The first kappa shape index (κ1) is 18.1. The van der Waals surface area contributed by atoms with E-state index in [1.165, 1.54) is 7.11 Å². The van der Waals surface area contributed by atoms with E-state index in [-0.39, 0.29) is 5.56 Å². The minimum Gasteiger partial charge on any atom is -0.466 e. The number of methoxy groups -OCH3 is 1. The lowest BCUT2D eigenvalue weighted by atomic mass is 9.99. The van der Waals surface area contributed by atoms with Gasteiger partial charge in [-0.2, -0.15) is 0 Å². The van der Waals surface area contributed by atoms with Crippen LogP contribution in [0.3, 0.4) is 0 Å². The summed E-state index contributed by atoms with van der Waals surface area (Å²) in [7, 11) is 1.17. The molecule has 0 saturated carbocycles. The zero-order valence-corrected chi connectivity index (χ0v) is 12.8. The Balaban J connectivity index is 2.41. The maximum Gasteiger partial charge on any atom is 0.330 e. The minimum absolute atomic E-state index is 0.0382. The number of ether oxygens (including phenoxy) is 2. The summed E-state index contributed by atoms with van der Waals surface area (Å²) in [6.45, 7) is -0.901. The number of aromatic nitrogens is 2. The van der Waals surface area contributed by atoms with E-state index in [1.807, 2.05) is 4.98 Å². The number of nitrogens with zero attached hydrogens (tertiary/aromatic N) is 1. The van der Waals surface area contributed by atoms with Crippen molar-refractivity contribution >= 4 is 12.0 Å². The van der Waals surface area contributed by atoms with Crippen molar-refractivity contribution in [1.29, 1.82) is 0 Å². The van der Waals surface area contributed by atoms with Crippen molar-refractivity contribution < 1.29 is 29.6 Å². The highest BCUT2D eigenvalue weighted by atomic mass is 16.5. The maximum atomic E-state index is 12.0. The van der Waals surface area contributed by atoms with E-state index >= 15 is 0 Å². The van der Waals surface area contributed by atoms with Gasteiger partial charge < -0.3 is 24.8 Å². The zero-order chi connectivity index (χ0) is 17.9. The van der Waals surface area contributed by atoms with Crippen molar-refractivity contribution in [3.05, 3.63) is 38.7 Å². The topological polar surface area (TPSA) is 151 Å². The third-order valence-corrected chi connectivity index (χ3v) is 3.78. The van der Waals surface area contributed by atoms with Gasteiger partial charge in [0.1, 0.15) is 6.10 Å². The van der Waals surface area contributed by atoms with Crippen molar-refractivity contribution in [2.24, 2.45) is 5.92 Å². The first-order valence-electron chi connectivity index (χ1n) is 7.09. The highest BCUT2D eigenvalue weighted by Gasteiger charge is 2.44. The van der Waals surface area contributed by atoms with Crippen LogP contribution in [-0.2, 0) is 14.3 Å². The SMILES string of the molecule is COC(=O)/C=C/c1cn([C@@H]2O[C@H](CO)[C@@H](CO)[C@@H]2O)c(=O)[nH]c1=O. The third-order valence-electron chi connectivity index (χ3n) is 3.78. The van der Waals surface area contributed by atoms with Crippen LogP contribution in [0.15, 0.2) is 21.9 Å². The van der Waals surface area contributed by atoms with E-state index in [2.05, 4.69) is 4.74 Å². The molecule has 1 fully saturated rings. The van der Waals surface area contributed by atoms with Crippen LogP contribution in [0.2, 0.25) is 0 Å². The smallest absolute Gasteiger partial charge is 0.330 e. The van der Waals surface area contributed by atoms with Gasteiger partial charge in [0.15, 0.2) is 6.23 Å². The van der Waals surface area contributed by atoms with Gasteiger partial charge in [0, 0.05) is 18.2 Å². The lowest BCUT2D eigenvalue weighted by Crippen LogP contribution is -2.37. The van der Waals surface area contributed by atoms with Crippen molar-refractivity contribution in [1.82, 2.24) is 9.55 Å². The second kappa shape index (κ2) is 7.53. The van der Waals surface area contributed by atoms with Crippen LogP contribution >= 0.6 is 0 Å². The van der Waals surface area contributed by atoms with Gasteiger partial charge in [0.25, 0.3) is 5.56 Å². The molecule has 1 aromatic rings. The fourth-order valence-corrected chi connectivity index (χ4v) is 2.46. The summed E-state index contributed by atoms with van der Waals surface area (Å²) in [5.74, 6) is -1.47. The predicted molar refractivity (Wildman–Crippen MR) is 80.0 cm³/mol. The second-order valence-corrected chi connectivity index (χ2v) is 5.19. The molecule has 0 aromatic carbocycles. The summed E-state index contributed by atoms with van der Waals surface area (Å²) in [5, 5.41) is 28.7. The summed E-state index contributed by atoms with van der Waals surface area (Å²) in [6, 6.07) is 0. The summed E-state index contributed by atoms with van der Waals surface area (Å²) >= 11 is 0. The molecule has 0 radical (unpaired) electrons. The van der Waals surface area contributed by atoms with Gasteiger partial charge in [-0.3, -0.25) is 14.3 Å². The van der Waals surface area contributed by atoms with E-state index in [0.29, 0.717) is 0 Å². The molecule has 132 valence electrons. The Morgan fingerprint density at radius 2 is 2.12 bits per heavy atom. The van der Waals surface area contributed by atoms with Crippen molar-refractivity contribution in [3.8, 4) is 0 Å². The molecule has 24 heavy (non-hydrogen) atoms. The lowest BCUT2D eigenvalue weighted by molar-refractivity contribution is -0.134. The molecule has 4 N–H and O–H groups in total. The molecule has 10 nitrogen and oxygen atoms in total. The molecular weight excluding hydrogens is 324 g/mol. The molecule has 0 amide bonds. The highest BCUT2D eigenvalue weighted by Crippen LogP contribution is 2.32. The summed E-state index contributed by atoms with van der Waals surface area (Å²) in [6.07, 6.45) is -0.0687. The molecular formula is C14H18N2O8. The van der Waals surface area contributed by atoms with E-state index in [1.54, 1.807) is 0 Å². The number of nitrogens with one attached hydrogen (secondary N) is 1. The van der Waals surface area contributed by atoms with Gasteiger partial charge in [0.05, 0.1) is 32.0 Å². The van der Waals surface area contributed by atoms with Gasteiger partial charge in [-0.15, -0.1) is 0 Å². The molecule has 4 atom stereocenters. The van der Waals surface area contributed by atoms with Crippen LogP contribution in [0.4, 0.5) is 0 Å². The molecule has 1 aliphatic heterocycles. The molecule has 0 aliphatic carbocycles. The molecule has 0 spiro atoms. The number of aromatic amines is 1. The number of aliphatic hydroxyl groups excluding tert-OH is 3. The van der Waals surface area contributed by atoms with Gasteiger partial charge >= 0.3 is 11.7 Å². The van der Waals surface area contributed by atoms with Crippen molar-refractivity contribution in [3.63, 3.8) is 0 Å². The molecule has 2 rings (SSSR count). The monoisotopic (exact) mass is 342 g/mol. The van der Waals surface area contributed by atoms with Crippen LogP contribution < -0.4 is 11.2 Å². The molecule has 2 heterocycles. The molecule has 1 aliphatic rings. The fourth-order valence-electron chi connectivity index (χ4n) is 2.46. The van der Waals surface area contributed by atoms with Crippen molar-refractivity contribution in [2.75, 3.05) is 20.3 Å². The van der Waals surface area contributed by atoms with Gasteiger partial charge in [-0.25, -0.2) is 9.59 Å². The summed E-state index contributed by atoms with van der Waals surface area (Å²) < 4.78 is 10.7. The predicted octanol–water partition coefficient (Wildman–Crippen LogP) is -2.42. The Morgan fingerprint density at radius 1 is 1.42 bits per heavy atom. The Bertz CT molecular complexity index is 737. The highest BCUT2D eigenvalue weighted by molar-refractivity contribution is 5.86. The molecule has 0 unspecified atom stereocenters. The zero-order valence-electron chi connectivity index (χ0n) is 12.8. The van der Waals surface area contributed by atoms with E-state index in [0.717, 1.165) is 22.9 Å². The minimum atomic E-state index is -1.27.